The van der Waals surface area contributed by atoms with Gasteiger partial charge in [0.2, 0.25) is 11.9 Å². The zero-order valence-electron chi connectivity index (χ0n) is 10.8. The first-order valence-electron chi connectivity index (χ1n) is 5.43. The van der Waals surface area contributed by atoms with Gasteiger partial charge in [-0.3, -0.25) is 4.90 Å². The minimum atomic E-state index is -0.382. The van der Waals surface area contributed by atoms with E-state index < -0.39 is 0 Å². The first-order chi connectivity index (χ1) is 7.88. The van der Waals surface area contributed by atoms with E-state index in [0.29, 0.717) is 24.9 Å². The Labute approximate surface area is 101 Å². The van der Waals surface area contributed by atoms with Crippen LogP contribution in [-0.4, -0.2) is 58.8 Å². The molecule has 0 aliphatic rings. The number of anilines is 2. The third kappa shape index (κ3) is 4.49. The van der Waals surface area contributed by atoms with Crippen molar-refractivity contribution in [2.45, 2.75) is 19.6 Å². The van der Waals surface area contributed by atoms with E-state index in [0.717, 1.165) is 0 Å². The molecule has 0 amide bonds. The number of nitrogens with zero attached hydrogens (tertiary/aromatic N) is 5. The van der Waals surface area contributed by atoms with Crippen molar-refractivity contribution in [3.8, 4) is 0 Å². The predicted octanol–water partition coefficient (Wildman–Crippen LogP) is -0.668. The van der Waals surface area contributed by atoms with Gasteiger partial charge in [-0.05, 0) is 14.0 Å². The minimum Gasteiger partial charge on any atom is -0.392 e. The van der Waals surface area contributed by atoms with Crippen LogP contribution in [0.1, 0.15) is 12.7 Å². The van der Waals surface area contributed by atoms with Gasteiger partial charge in [0.1, 0.15) is 5.82 Å². The van der Waals surface area contributed by atoms with Crippen LogP contribution in [0.2, 0.25) is 0 Å². The highest BCUT2D eigenvalue weighted by Gasteiger charge is 2.09. The summed E-state index contributed by atoms with van der Waals surface area (Å²) in [4.78, 5) is 16.1. The third-order valence-electron chi connectivity index (χ3n) is 2.07. The molecule has 1 atom stereocenters. The molecular formula is C10H20N6O. The van der Waals surface area contributed by atoms with Crippen LogP contribution in [-0.2, 0) is 6.54 Å². The molecule has 1 unspecified atom stereocenters. The standard InChI is InChI=1S/C10H20N6O/c1-7(17)5-16(4)6-8-12-9(11)14-10(13-8)15(2)3/h7,17H,5-6H2,1-4H3,(H2,11,12,13,14). The average Bonchev–Trinajstić information content (AvgIpc) is 2.14. The molecule has 0 saturated heterocycles. The number of aliphatic hydroxyl groups is 1. The summed E-state index contributed by atoms with van der Waals surface area (Å²) in [5, 5.41) is 9.27. The van der Waals surface area contributed by atoms with Crippen molar-refractivity contribution in [1.82, 2.24) is 19.9 Å². The lowest BCUT2D eigenvalue weighted by atomic mass is 10.3. The predicted molar refractivity (Wildman–Crippen MR) is 66.6 cm³/mol. The van der Waals surface area contributed by atoms with Crippen LogP contribution in [0.3, 0.4) is 0 Å². The van der Waals surface area contributed by atoms with Gasteiger partial charge in [-0.1, -0.05) is 0 Å². The number of rotatable bonds is 5. The summed E-state index contributed by atoms with van der Waals surface area (Å²) in [6.07, 6.45) is -0.382. The first kappa shape index (κ1) is 13.6. The summed E-state index contributed by atoms with van der Waals surface area (Å²) in [6, 6.07) is 0. The normalized spacial score (nSPS) is 12.8. The van der Waals surface area contributed by atoms with Crippen molar-refractivity contribution in [3.63, 3.8) is 0 Å². The Bertz CT molecular complexity index is 368. The molecule has 1 heterocycles. The van der Waals surface area contributed by atoms with Crippen LogP contribution >= 0.6 is 0 Å². The van der Waals surface area contributed by atoms with Gasteiger partial charge in [0.15, 0.2) is 0 Å². The summed E-state index contributed by atoms with van der Waals surface area (Å²) in [5.74, 6) is 1.35. The lowest BCUT2D eigenvalue weighted by Crippen LogP contribution is -2.28. The number of hydrogen-bond donors (Lipinski definition) is 2. The Hall–Kier alpha value is -1.47. The van der Waals surface area contributed by atoms with Crippen LogP contribution < -0.4 is 10.6 Å². The minimum absolute atomic E-state index is 0.212. The van der Waals surface area contributed by atoms with Gasteiger partial charge in [0.05, 0.1) is 12.6 Å². The summed E-state index contributed by atoms with van der Waals surface area (Å²) >= 11 is 0. The third-order valence-corrected chi connectivity index (χ3v) is 2.07. The number of aliphatic hydroxyl groups excluding tert-OH is 1. The van der Waals surface area contributed by atoms with Crippen molar-refractivity contribution in [1.29, 1.82) is 0 Å². The number of likely N-dealkylation sites (N-methyl/N-ethyl adjacent to an activating group) is 1. The Morgan fingerprint density at radius 1 is 1.24 bits per heavy atom. The van der Waals surface area contributed by atoms with E-state index in [9.17, 15) is 5.11 Å². The number of nitrogens with two attached hydrogens (primary N) is 1. The lowest BCUT2D eigenvalue weighted by Gasteiger charge is -2.18. The quantitative estimate of drug-likeness (QED) is 0.705. The zero-order chi connectivity index (χ0) is 13.0. The molecule has 0 spiro atoms. The molecule has 1 aromatic heterocycles. The van der Waals surface area contributed by atoms with Gasteiger partial charge in [-0.25, -0.2) is 0 Å². The van der Waals surface area contributed by atoms with Crippen LogP contribution in [0.25, 0.3) is 0 Å². The molecule has 96 valence electrons. The second-order valence-corrected chi connectivity index (χ2v) is 4.35. The highest BCUT2D eigenvalue weighted by molar-refractivity contribution is 5.32. The van der Waals surface area contributed by atoms with Crippen LogP contribution in [0, 0.1) is 0 Å². The van der Waals surface area contributed by atoms with Gasteiger partial charge in [0.25, 0.3) is 0 Å². The maximum Gasteiger partial charge on any atom is 0.229 e. The lowest BCUT2D eigenvalue weighted by molar-refractivity contribution is 0.137. The monoisotopic (exact) mass is 240 g/mol. The molecule has 3 N–H and O–H groups in total. The first-order valence-corrected chi connectivity index (χ1v) is 5.43. The zero-order valence-corrected chi connectivity index (χ0v) is 10.8. The number of nitrogen functional groups attached to an aromatic ring is 1. The molecule has 0 aliphatic carbocycles. The molecular weight excluding hydrogens is 220 g/mol. The average molecular weight is 240 g/mol. The Morgan fingerprint density at radius 3 is 2.41 bits per heavy atom. The fourth-order valence-electron chi connectivity index (χ4n) is 1.45. The SMILES string of the molecule is CC(O)CN(C)Cc1nc(N)nc(N(C)C)n1. The van der Waals surface area contributed by atoms with E-state index in [1.165, 1.54) is 0 Å². The molecule has 1 rings (SSSR count). The van der Waals surface area contributed by atoms with Crippen molar-refractivity contribution >= 4 is 11.9 Å². The molecule has 0 bridgehead atoms. The summed E-state index contributed by atoms with van der Waals surface area (Å²) in [5.41, 5.74) is 5.62. The van der Waals surface area contributed by atoms with E-state index in [1.807, 2.05) is 26.0 Å². The molecule has 7 heteroatoms. The molecule has 0 fully saturated rings. The smallest absolute Gasteiger partial charge is 0.229 e. The number of hydrogen-bond acceptors (Lipinski definition) is 7. The summed E-state index contributed by atoms with van der Waals surface area (Å²) in [7, 11) is 5.58. The van der Waals surface area contributed by atoms with E-state index in [-0.39, 0.29) is 12.1 Å². The molecule has 1 aromatic rings. The van der Waals surface area contributed by atoms with Gasteiger partial charge in [-0.2, -0.15) is 15.0 Å². The fraction of sp³-hybridized carbons (Fsp3) is 0.700. The highest BCUT2D eigenvalue weighted by atomic mass is 16.3. The van der Waals surface area contributed by atoms with Crippen molar-refractivity contribution < 1.29 is 5.11 Å². The molecule has 0 aliphatic heterocycles. The number of aromatic nitrogens is 3. The molecule has 7 nitrogen and oxygen atoms in total. The molecule has 0 radical (unpaired) electrons. The van der Waals surface area contributed by atoms with E-state index in [2.05, 4.69) is 15.0 Å². The highest BCUT2D eigenvalue weighted by Crippen LogP contribution is 2.07. The van der Waals surface area contributed by atoms with Crippen molar-refractivity contribution in [2.24, 2.45) is 0 Å². The topological polar surface area (TPSA) is 91.4 Å². The van der Waals surface area contributed by atoms with Crippen LogP contribution in [0.15, 0.2) is 0 Å². The summed E-state index contributed by atoms with van der Waals surface area (Å²) < 4.78 is 0. The molecule has 0 aromatic carbocycles. The van der Waals surface area contributed by atoms with Gasteiger partial charge >= 0.3 is 0 Å². The van der Waals surface area contributed by atoms with Crippen LogP contribution in [0.5, 0.6) is 0 Å². The maximum absolute atomic E-state index is 9.27. The second-order valence-electron chi connectivity index (χ2n) is 4.35. The van der Waals surface area contributed by atoms with Crippen molar-refractivity contribution in [2.75, 3.05) is 38.3 Å². The van der Waals surface area contributed by atoms with Crippen LogP contribution in [0.4, 0.5) is 11.9 Å². The largest absolute Gasteiger partial charge is 0.392 e. The van der Waals surface area contributed by atoms with Crippen molar-refractivity contribution in [3.05, 3.63) is 5.82 Å². The van der Waals surface area contributed by atoms with Gasteiger partial charge in [-0.15, -0.1) is 0 Å². The van der Waals surface area contributed by atoms with Gasteiger partial charge < -0.3 is 15.7 Å². The Morgan fingerprint density at radius 2 is 1.88 bits per heavy atom. The fourth-order valence-corrected chi connectivity index (χ4v) is 1.45. The molecule has 17 heavy (non-hydrogen) atoms. The second kappa shape index (κ2) is 5.74. The van der Waals surface area contributed by atoms with E-state index >= 15 is 0 Å². The Balaban J connectivity index is 2.77. The maximum atomic E-state index is 9.27. The van der Waals surface area contributed by atoms with E-state index in [1.54, 1.807) is 11.8 Å². The van der Waals surface area contributed by atoms with Gasteiger partial charge in [0, 0.05) is 20.6 Å². The molecule has 0 saturated carbocycles. The Kier molecular flexibility index (Phi) is 4.59. The van der Waals surface area contributed by atoms with E-state index in [4.69, 9.17) is 5.73 Å². The summed E-state index contributed by atoms with van der Waals surface area (Å²) in [6.45, 7) is 2.82.